The number of pyridine rings is 3. The number of esters is 1. The highest BCUT2D eigenvalue weighted by atomic mass is 35.5. The molecule has 5 rings (SSSR count). The van der Waals surface area contributed by atoms with E-state index >= 15 is 0 Å². The zero-order chi connectivity index (χ0) is 39.0. The zero-order valence-corrected chi connectivity index (χ0v) is 35.2. The Morgan fingerprint density at radius 2 is 1.42 bits per heavy atom. The summed E-state index contributed by atoms with van der Waals surface area (Å²) < 4.78 is 21.5. The minimum absolute atomic E-state index is 0. The number of carbonyl (C=O) groups is 1. The van der Waals surface area contributed by atoms with Gasteiger partial charge in [-0.2, -0.15) is 0 Å². The van der Waals surface area contributed by atoms with Gasteiger partial charge >= 0.3 is 5.97 Å². The third-order valence-electron chi connectivity index (χ3n) is 9.89. The van der Waals surface area contributed by atoms with Crippen molar-refractivity contribution in [3.05, 3.63) is 95.8 Å². The van der Waals surface area contributed by atoms with Gasteiger partial charge in [-0.15, -0.1) is 17.5 Å². The molecule has 0 fully saturated rings. The predicted octanol–water partition coefficient (Wildman–Crippen LogP) is 10.2. The van der Waals surface area contributed by atoms with E-state index in [1.807, 2.05) is 35.4 Å². The number of aromatic nitrogens is 6. The number of carbonyl (C=O) groups excluding carboxylic acids is 1. The molecule has 0 aliphatic carbocycles. The molecule has 0 amide bonds. The number of ether oxygens (including phenoxy) is 3. The summed E-state index contributed by atoms with van der Waals surface area (Å²) in [4.78, 5) is 20.5. The summed E-state index contributed by atoms with van der Waals surface area (Å²) in [7, 11) is 0. The fourth-order valence-electron chi connectivity index (χ4n) is 6.91. The van der Waals surface area contributed by atoms with Crippen molar-refractivity contribution in [2.75, 3.05) is 26.4 Å². The summed E-state index contributed by atoms with van der Waals surface area (Å²) in [6.07, 6.45) is 30.5. The Morgan fingerprint density at radius 1 is 0.772 bits per heavy atom. The monoisotopic (exact) mass is 819 g/mol. The Balaban J connectivity index is 0.00000720. The quantitative estimate of drug-likeness (QED) is 0.0213. The molecule has 0 atom stereocenters. The fraction of sp³-hybridized carbons (Fsp3) is 0.511. The number of rotatable bonds is 28. The van der Waals surface area contributed by atoms with E-state index in [0.29, 0.717) is 32.9 Å². The Kier molecular flexibility index (Phi) is 21.6. The SMILES string of the molecule is CC(=O)Oc1c(-c2cn(CCCCCCOCCCc3ccc[n+](CCCCCCCCCCOCCCc4cccnc4)c3)nn2)cc(Cl)c2cccnc12.Cl. The molecule has 0 bridgehead atoms. The zero-order valence-electron chi connectivity index (χ0n) is 33.7. The van der Waals surface area contributed by atoms with Crippen molar-refractivity contribution in [1.29, 1.82) is 0 Å². The minimum atomic E-state index is -0.433. The maximum atomic E-state index is 11.9. The van der Waals surface area contributed by atoms with Crippen molar-refractivity contribution < 1.29 is 23.6 Å². The van der Waals surface area contributed by atoms with Crippen molar-refractivity contribution in [2.24, 2.45) is 0 Å². The first-order valence-corrected chi connectivity index (χ1v) is 21.1. The van der Waals surface area contributed by atoms with Crippen LogP contribution in [-0.4, -0.2) is 57.4 Å². The maximum Gasteiger partial charge on any atom is 0.308 e. The van der Waals surface area contributed by atoms with E-state index in [4.69, 9.17) is 25.8 Å². The third-order valence-corrected chi connectivity index (χ3v) is 10.2. The molecule has 57 heavy (non-hydrogen) atoms. The molecule has 0 unspecified atom stereocenters. The van der Waals surface area contributed by atoms with Crippen LogP contribution in [-0.2, 0) is 40.2 Å². The van der Waals surface area contributed by atoms with Gasteiger partial charge in [-0.05, 0) is 87.3 Å². The van der Waals surface area contributed by atoms with Gasteiger partial charge in [0, 0.05) is 81.9 Å². The molecule has 4 aromatic heterocycles. The first kappa shape index (κ1) is 45.7. The highest BCUT2D eigenvalue weighted by Gasteiger charge is 2.19. The van der Waals surface area contributed by atoms with Crippen LogP contribution in [0.15, 0.2) is 79.6 Å². The average Bonchev–Trinajstić information content (AvgIpc) is 3.69. The maximum absolute atomic E-state index is 11.9. The van der Waals surface area contributed by atoms with Gasteiger partial charge in [0.25, 0.3) is 0 Å². The van der Waals surface area contributed by atoms with E-state index in [-0.39, 0.29) is 12.4 Å². The molecule has 0 aliphatic heterocycles. The third kappa shape index (κ3) is 16.8. The number of hydrogen-bond acceptors (Lipinski definition) is 8. The fourth-order valence-corrected chi connectivity index (χ4v) is 7.17. The van der Waals surface area contributed by atoms with Crippen molar-refractivity contribution in [3.8, 4) is 17.0 Å². The van der Waals surface area contributed by atoms with Crippen LogP contribution in [0.3, 0.4) is 0 Å². The van der Waals surface area contributed by atoms with Gasteiger partial charge in [-0.1, -0.05) is 67.8 Å². The molecule has 10 nitrogen and oxygen atoms in total. The molecule has 0 spiro atoms. The van der Waals surface area contributed by atoms with Crippen molar-refractivity contribution >= 4 is 40.9 Å². The Morgan fingerprint density at radius 3 is 2.14 bits per heavy atom. The lowest BCUT2D eigenvalue weighted by atomic mass is 10.1. The molecular weight excluding hydrogens is 759 g/mol. The smallest absolute Gasteiger partial charge is 0.308 e. The number of benzene rings is 1. The minimum Gasteiger partial charge on any atom is -0.424 e. The van der Waals surface area contributed by atoms with Gasteiger partial charge < -0.3 is 14.2 Å². The van der Waals surface area contributed by atoms with Crippen LogP contribution in [0.2, 0.25) is 5.02 Å². The predicted molar refractivity (Wildman–Crippen MR) is 229 cm³/mol. The molecule has 0 N–H and O–H groups in total. The van der Waals surface area contributed by atoms with E-state index in [1.165, 1.54) is 69.4 Å². The van der Waals surface area contributed by atoms with Crippen molar-refractivity contribution in [1.82, 2.24) is 25.0 Å². The molecule has 12 heteroatoms. The summed E-state index contributed by atoms with van der Waals surface area (Å²) in [5.74, 6) is -0.0881. The molecule has 0 saturated carbocycles. The lowest BCUT2D eigenvalue weighted by Gasteiger charge is -2.11. The van der Waals surface area contributed by atoms with Crippen LogP contribution in [0.1, 0.15) is 108 Å². The summed E-state index contributed by atoms with van der Waals surface area (Å²) in [6.45, 7) is 6.53. The average molecular weight is 821 g/mol. The lowest BCUT2D eigenvalue weighted by molar-refractivity contribution is -0.697. The van der Waals surface area contributed by atoms with Crippen LogP contribution in [0.25, 0.3) is 22.2 Å². The van der Waals surface area contributed by atoms with E-state index in [2.05, 4.69) is 55.4 Å². The van der Waals surface area contributed by atoms with E-state index in [1.54, 1.807) is 18.3 Å². The van der Waals surface area contributed by atoms with Gasteiger partial charge in [0.2, 0.25) is 0 Å². The van der Waals surface area contributed by atoms with Gasteiger partial charge in [0.1, 0.15) is 17.8 Å². The van der Waals surface area contributed by atoms with Gasteiger partial charge in [0.05, 0.1) is 16.8 Å². The second kappa shape index (κ2) is 26.9. The second-order valence-corrected chi connectivity index (χ2v) is 15.0. The normalized spacial score (nSPS) is 11.2. The first-order chi connectivity index (χ1) is 27.6. The molecule has 308 valence electrons. The van der Waals surface area contributed by atoms with Gasteiger partial charge in [0.15, 0.2) is 18.1 Å². The number of unbranched alkanes of at least 4 members (excludes halogenated alkanes) is 10. The molecule has 5 aromatic rings. The topological polar surface area (TPSA) is 105 Å². The van der Waals surface area contributed by atoms with Crippen LogP contribution in [0.5, 0.6) is 5.75 Å². The number of halogens is 2. The summed E-state index contributed by atoms with van der Waals surface area (Å²) >= 11 is 6.54. The Labute approximate surface area is 350 Å². The highest BCUT2D eigenvalue weighted by molar-refractivity contribution is 6.36. The van der Waals surface area contributed by atoms with Crippen LogP contribution in [0, 0.1) is 0 Å². The van der Waals surface area contributed by atoms with Crippen molar-refractivity contribution in [3.63, 3.8) is 0 Å². The van der Waals surface area contributed by atoms with Crippen LogP contribution in [0.4, 0.5) is 0 Å². The standard InChI is InChI=1S/C45H60ClN6O4.ClH/c1-37(53)56-45-41(33-42(46)40-23-15-25-48-44(40)45)43-36-52(50-49-43)28-11-7-9-13-30-55-32-18-22-39-20-16-27-51(35-39)26-10-6-4-2-3-5-8-12-29-54-31-17-21-38-19-14-24-47-34-38;/h14-16,19-20,23-25,27,33-36H,2-13,17-18,21-22,26,28-32H2,1H3;1H/q+1;. The summed E-state index contributed by atoms with van der Waals surface area (Å²) in [5, 5.41) is 9.87. The highest BCUT2D eigenvalue weighted by Crippen LogP contribution is 2.39. The Bertz CT molecular complexity index is 1880. The summed E-state index contributed by atoms with van der Waals surface area (Å²) in [6, 6.07) is 13.9. The molecule has 0 radical (unpaired) electrons. The molecule has 0 aliphatic rings. The molecule has 0 saturated heterocycles. The number of hydrogen-bond donors (Lipinski definition) is 0. The van der Waals surface area contributed by atoms with E-state index in [9.17, 15) is 4.79 Å². The largest absolute Gasteiger partial charge is 0.424 e. The van der Waals surface area contributed by atoms with E-state index < -0.39 is 5.97 Å². The number of nitrogens with zero attached hydrogens (tertiary/aromatic N) is 6. The molecule has 4 heterocycles. The first-order valence-electron chi connectivity index (χ1n) is 20.8. The number of fused-ring (bicyclic) bond motifs is 1. The van der Waals surface area contributed by atoms with Crippen LogP contribution >= 0.6 is 24.0 Å². The van der Waals surface area contributed by atoms with Gasteiger partial charge in [-0.3, -0.25) is 19.4 Å². The van der Waals surface area contributed by atoms with E-state index in [0.717, 1.165) is 90.9 Å². The van der Waals surface area contributed by atoms with Gasteiger partial charge in [-0.25, -0.2) is 4.57 Å². The van der Waals surface area contributed by atoms with Crippen LogP contribution < -0.4 is 9.30 Å². The molecule has 1 aromatic carbocycles. The lowest BCUT2D eigenvalue weighted by Crippen LogP contribution is -2.33. The number of aryl methyl sites for hydroxylation is 4. The molecular formula is C45H61Cl2N6O4+. The summed E-state index contributed by atoms with van der Waals surface area (Å²) in [5.41, 5.74) is 4.37. The van der Waals surface area contributed by atoms with Crippen molar-refractivity contribution in [2.45, 2.75) is 123 Å². The second-order valence-electron chi connectivity index (χ2n) is 14.6. The Hall–Kier alpha value is -3.96.